The predicted molar refractivity (Wildman–Crippen MR) is 78.3 cm³/mol. The fourth-order valence-corrected chi connectivity index (χ4v) is 3.49. The first-order valence-corrected chi connectivity index (χ1v) is 7.72. The predicted octanol–water partition coefficient (Wildman–Crippen LogP) is 2.07. The van der Waals surface area contributed by atoms with Gasteiger partial charge in [-0.05, 0) is 62.8 Å². The molecular formula is C16H22N2O3. The second kappa shape index (κ2) is 4.97. The lowest BCUT2D eigenvalue weighted by Crippen LogP contribution is -2.31. The minimum absolute atomic E-state index is 0.0787. The highest BCUT2D eigenvalue weighted by Crippen LogP contribution is 2.62. The van der Waals surface area contributed by atoms with Crippen LogP contribution in [0.2, 0.25) is 0 Å². The lowest BCUT2D eigenvalue weighted by Gasteiger charge is -2.20. The zero-order chi connectivity index (χ0) is 15.2. The maximum Gasteiger partial charge on any atom is 0.347 e. The smallest absolute Gasteiger partial charge is 0.347 e. The molecule has 0 atom stereocenters. The van der Waals surface area contributed by atoms with Crippen molar-refractivity contribution >= 4 is 5.97 Å². The van der Waals surface area contributed by atoms with E-state index in [0.29, 0.717) is 17.5 Å². The topological polar surface area (TPSA) is 72.2 Å². The molecule has 0 bridgehead atoms. The van der Waals surface area contributed by atoms with E-state index in [1.165, 1.54) is 25.7 Å². The number of nitrogens with zero attached hydrogens (tertiary/aromatic N) is 2. The second-order valence-corrected chi connectivity index (χ2v) is 6.66. The zero-order valence-corrected chi connectivity index (χ0v) is 12.7. The van der Waals surface area contributed by atoms with Crippen LogP contribution in [0.5, 0.6) is 0 Å². The third-order valence-electron chi connectivity index (χ3n) is 5.17. The van der Waals surface area contributed by atoms with Gasteiger partial charge in [0.1, 0.15) is 0 Å². The minimum Gasteiger partial charge on any atom is -0.481 e. The van der Waals surface area contributed by atoms with Crippen LogP contribution >= 0.6 is 0 Å². The van der Waals surface area contributed by atoms with Crippen molar-refractivity contribution in [2.45, 2.75) is 58.9 Å². The summed E-state index contributed by atoms with van der Waals surface area (Å²) in [6.45, 7) is 4.48. The highest BCUT2D eigenvalue weighted by Gasteiger charge is 2.54. The molecule has 5 heteroatoms. The summed E-state index contributed by atoms with van der Waals surface area (Å²) in [5, 5.41) is 8.87. The van der Waals surface area contributed by atoms with E-state index in [0.717, 1.165) is 23.7 Å². The van der Waals surface area contributed by atoms with Crippen LogP contribution in [0.15, 0.2) is 4.79 Å². The van der Waals surface area contributed by atoms with E-state index in [1.807, 2.05) is 6.92 Å². The SMILES string of the molecule is Cc1nc(=O)n(CC2(C3CC3)CC2)c(C)c1CCC(=O)O. The third-order valence-corrected chi connectivity index (χ3v) is 5.17. The molecule has 5 nitrogen and oxygen atoms in total. The van der Waals surface area contributed by atoms with Crippen LogP contribution in [0.4, 0.5) is 0 Å². The maximum absolute atomic E-state index is 12.2. The highest BCUT2D eigenvalue weighted by molar-refractivity contribution is 5.67. The summed E-state index contributed by atoms with van der Waals surface area (Å²) in [5.74, 6) is -0.0317. The Hall–Kier alpha value is -1.65. The van der Waals surface area contributed by atoms with E-state index in [9.17, 15) is 9.59 Å². The first kappa shape index (κ1) is 14.3. The van der Waals surface area contributed by atoms with E-state index in [-0.39, 0.29) is 12.1 Å². The van der Waals surface area contributed by atoms with Gasteiger partial charge in [0.2, 0.25) is 0 Å². The van der Waals surface area contributed by atoms with Crippen molar-refractivity contribution in [3.63, 3.8) is 0 Å². The summed E-state index contributed by atoms with van der Waals surface area (Å²) in [6.07, 6.45) is 5.52. The lowest BCUT2D eigenvalue weighted by atomic mass is 9.99. The van der Waals surface area contributed by atoms with E-state index in [1.54, 1.807) is 11.5 Å². The van der Waals surface area contributed by atoms with Crippen LogP contribution in [0.1, 0.15) is 49.1 Å². The summed E-state index contributed by atoms with van der Waals surface area (Å²) in [7, 11) is 0. The molecule has 0 saturated heterocycles. The van der Waals surface area contributed by atoms with Crippen LogP contribution in [-0.4, -0.2) is 20.6 Å². The number of hydrogen-bond donors (Lipinski definition) is 1. The van der Waals surface area contributed by atoms with Gasteiger partial charge in [-0.1, -0.05) is 0 Å². The van der Waals surface area contributed by atoms with Crippen LogP contribution in [0.3, 0.4) is 0 Å². The van der Waals surface area contributed by atoms with Gasteiger partial charge in [0, 0.05) is 24.4 Å². The fourth-order valence-electron chi connectivity index (χ4n) is 3.49. The molecule has 1 N–H and O–H groups in total. The number of carbonyl (C=O) groups is 1. The van der Waals surface area contributed by atoms with Crippen molar-refractivity contribution in [2.75, 3.05) is 0 Å². The van der Waals surface area contributed by atoms with Crippen molar-refractivity contribution in [1.29, 1.82) is 0 Å². The molecular weight excluding hydrogens is 268 g/mol. The first-order chi connectivity index (χ1) is 9.93. The largest absolute Gasteiger partial charge is 0.481 e. The average Bonchev–Trinajstić information content (AvgIpc) is 3.25. The lowest BCUT2D eigenvalue weighted by molar-refractivity contribution is -0.136. The Morgan fingerprint density at radius 1 is 1.38 bits per heavy atom. The normalized spacial score (nSPS) is 19.5. The molecule has 0 aromatic carbocycles. The molecule has 3 rings (SSSR count). The summed E-state index contributed by atoms with van der Waals surface area (Å²) < 4.78 is 1.79. The van der Waals surface area contributed by atoms with Crippen molar-refractivity contribution in [1.82, 2.24) is 9.55 Å². The Balaban J connectivity index is 1.90. The molecule has 2 fully saturated rings. The molecule has 1 aromatic rings. The zero-order valence-electron chi connectivity index (χ0n) is 12.7. The van der Waals surface area contributed by atoms with Crippen LogP contribution < -0.4 is 5.69 Å². The van der Waals surface area contributed by atoms with Gasteiger partial charge < -0.3 is 5.11 Å². The van der Waals surface area contributed by atoms with E-state index in [4.69, 9.17) is 5.11 Å². The van der Waals surface area contributed by atoms with Gasteiger partial charge in [0.15, 0.2) is 0 Å². The van der Waals surface area contributed by atoms with Gasteiger partial charge >= 0.3 is 11.7 Å². The summed E-state index contributed by atoms with van der Waals surface area (Å²) in [6, 6.07) is 0. The number of rotatable bonds is 6. The second-order valence-electron chi connectivity index (χ2n) is 6.66. The molecule has 0 unspecified atom stereocenters. The van der Waals surface area contributed by atoms with Gasteiger partial charge in [-0.25, -0.2) is 4.79 Å². The molecule has 1 heterocycles. The summed E-state index contributed by atoms with van der Waals surface area (Å²) in [4.78, 5) is 27.1. The fraction of sp³-hybridized carbons (Fsp3) is 0.688. The molecule has 21 heavy (non-hydrogen) atoms. The molecule has 2 saturated carbocycles. The molecule has 0 radical (unpaired) electrons. The Kier molecular flexibility index (Phi) is 3.38. The number of aryl methyl sites for hydroxylation is 1. The number of carboxylic acids is 1. The van der Waals surface area contributed by atoms with Crippen molar-refractivity contribution in [3.05, 3.63) is 27.4 Å². The Bertz CT molecular complexity index is 640. The molecule has 2 aliphatic carbocycles. The maximum atomic E-state index is 12.2. The third kappa shape index (κ3) is 2.74. The Morgan fingerprint density at radius 2 is 2.05 bits per heavy atom. The highest BCUT2D eigenvalue weighted by atomic mass is 16.4. The molecule has 0 spiro atoms. The number of aromatic nitrogens is 2. The summed E-state index contributed by atoms with van der Waals surface area (Å²) >= 11 is 0. The number of carboxylic acid groups (broad SMARTS) is 1. The van der Waals surface area contributed by atoms with E-state index >= 15 is 0 Å². The molecule has 0 aliphatic heterocycles. The number of hydrogen-bond acceptors (Lipinski definition) is 3. The van der Waals surface area contributed by atoms with Gasteiger partial charge in [-0.15, -0.1) is 0 Å². The average molecular weight is 290 g/mol. The van der Waals surface area contributed by atoms with Gasteiger partial charge in [-0.2, -0.15) is 4.98 Å². The first-order valence-electron chi connectivity index (χ1n) is 7.72. The van der Waals surface area contributed by atoms with Crippen molar-refractivity contribution in [3.8, 4) is 0 Å². The number of aliphatic carboxylic acids is 1. The van der Waals surface area contributed by atoms with Gasteiger partial charge in [0.25, 0.3) is 0 Å². The molecule has 2 aliphatic rings. The van der Waals surface area contributed by atoms with E-state index < -0.39 is 5.97 Å². The van der Waals surface area contributed by atoms with E-state index in [2.05, 4.69) is 4.98 Å². The standard InChI is InChI=1S/C16H22N2O3/c1-10-13(5-6-14(19)20)11(2)18(15(21)17-10)9-16(7-8-16)12-3-4-12/h12H,3-9H2,1-2H3,(H,19,20). The molecule has 114 valence electrons. The summed E-state index contributed by atoms with van der Waals surface area (Å²) in [5.41, 5.74) is 2.64. The van der Waals surface area contributed by atoms with Crippen LogP contribution in [-0.2, 0) is 17.8 Å². The van der Waals surface area contributed by atoms with Crippen molar-refractivity contribution in [2.24, 2.45) is 11.3 Å². The van der Waals surface area contributed by atoms with Crippen LogP contribution in [0, 0.1) is 25.2 Å². The van der Waals surface area contributed by atoms with Crippen LogP contribution in [0.25, 0.3) is 0 Å². The minimum atomic E-state index is -0.816. The molecule has 1 aromatic heterocycles. The Morgan fingerprint density at radius 3 is 2.57 bits per heavy atom. The Labute approximate surface area is 124 Å². The van der Waals surface area contributed by atoms with Gasteiger partial charge in [-0.3, -0.25) is 9.36 Å². The van der Waals surface area contributed by atoms with Crippen molar-refractivity contribution < 1.29 is 9.90 Å². The monoisotopic (exact) mass is 290 g/mol. The molecule has 0 amide bonds. The van der Waals surface area contributed by atoms with Gasteiger partial charge in [0.05, 0.1) is 0 Å². The quantitative estimate of drug-likeness (QED) is 0.870.